The van der Waals surface area contributed by atoms with Crippen molar-refractivity contribution >= 4 is 67.4 Å². The molecule has 0 aliphatic rings. The predicted octanol–water partition coefficient (Wildman–Crippen LogP) is -2.78. The van der Waals surface area contributed by atoms with Crippen molar-refractivity contribution in [1.82, 2.24) is 5.43 Å². The van der Waals surface area contributed by atoms with E-state index in [0.29, 0.717) is 0 Å². The summed E-state index contributed by atoms with van der Waals surface area (Å²) in [6.07, 6.45) is 0. The Kier molecular flexibility index (Phi) is 7.60. The van der Waals surface area contributed by atoms with Crippen LogP contribution < -0.4 is 11.3 Å². The maximum absolute atomic E-state index is 10.1. The van der Waals surface area contributed by atoms with Crippen LogP contribution in [0.15, 0.2) is 0 Å². The summed E-state index contributed by atoms with van der Waals surface area (Å²) in [5.74, 6) is 2.56. The standard InChI is InChI=1S/C2H6N2O4S.K.H/c3-4-2(5)1-9(6,7)8;;/h1,3H2,(H,4,5)(H,6,7,8);;. The van der Waals surface area contributed by atoms with Gasteiger partial charge in [-0.2, -0.15) is 8.42 Å². The summed E-state index contributed by atoms with van der Waals surface area (Å²) >= 11 is 0. The molecule has 0 aliphatic heterocycles. The SMILES string of the molecule is NNC(=O)CS(=O)(=O)O.[KH]. The van der Waals surface area contributed by atoms with E-state index in [9.17, 15) is 13.2 Å². The van der Waals surface area contributed by atoms with E-state index in [1.54, 1.807) is 5.43 Å². The molecule has 0 heterocycles. The van der Waals surface area contributed by atoms with Gasteiger partial charge in [0.25, 0.3) is 16.0 Å². The molecular formula is C2H7KN2O4S. The molecule has 0 aromatic rings. The molecule has 0 rings (SSSR count). The van der Waals surface area contributed by atoms with Crippen molar-refractivity contribution in [3.05, 3.63) is 0 Å². The molecule has 0 radical (unpaired) electrons. The van der Waals surface area contributed by atoms with Gasteiger partial charge in [-0.05, 0) is 0 Å². The number of nitrogens with one attached hydrogen (secondary N) is 1. The first kappa shape index (κ1) is 13.6. The van der Waals surface area contributed by atoms with Gasteiger partial charge in [-0.25, -0.2) is 5.84 Å². The van der Waals surface area contributed by atoms with Gasteiger partial charge in [-0.15, -0.1) is 0 Å². The Morgan fingerprint density at radius 1 is 1.60 bits per heavy atom. The average Bonchev–Trinajstić information content (AvgIpc) is 1.62. The first-order valence-corrected chi connectivity index (χ1v) is 3.51. The minimum atomic E-state index is -4.23. The van der Waals surface area contributed by atoms with Gasteiger partial charge in [0, 0.05) is 0 Å². The first-order chi connectivity index (χ1) is 3.95. The molecule has 0 aromatic heterocycles. The molecule has 4 N–H and O–H groups in total. The molecule has 56 valence electrons. The van der Waals surface area contributed by atoms with E-state index in [2.05, 4.69) is 5.84 Å². The molecule has 0 bridgehead atoms. The van der Waals surface area contributed by atoms with E-state index >= 15 is 0 Å². The summed E-state index contributed by atoms with van der Waals surface area (Å²) < 4.78 is 27.7. The molecule has 0 unspecified atom stereocenters. The Bertz CT molecular complexity index is 199. The van der Waals surface area contributed by atoms with Crippen molar-refractivity contribution in [2.24, 2.45) is 5.84 Å². The molecule has 0 aromatic carbocycles. The number of hydrazine groups is 1. The molecule has 0 fully saturated rings. The monoisotopic (exact) mass is 194 g/mol. The number of carbonyl (C=O) groups excluding carboxylic acids is 1. The molecular weight excluding hydrogens is 187 g/mol. The third-order valence-corrected chi connectivity index (χ3v) is 1.10. The number of hydrogen-bond acceptors (Lipinski definition) is 4. The van der Waals surface area contributed by atoms with Crippen LogP contribution in [0.5, 0.6) is 0 Å². The summed E-state index contributed by atoms with van der Waals surface area (Å²) in [4.78, 5) is 10.1. The second kappa shape index (κ2) is 5.60. The van der Waals surface area contributed by atoms with Crippen LogP contribution in [-0.2, 0) is 14.9 Å². The number of amides is 1. The third kappa shape index (κ3) is 8.98. The zero-order valence-electron chi connectivity index (χ0n) is 4.36. The maximum atomic E-state index is 10.1. The van der Waals surface area contributed by atoms with Crippen molar-refractivity contribution < 1.29 is 17.8 Å². The van der Waals surface area contributed by atoms with Gasteiger partial charge < -0.3 is 0 Å². The Hall–Kier alpha value is 0.976. The zero-order valence-corrected chi connectivity index (χ0v) is 5.18. The van der Waals surface area contributed by atoms with Gasteiger partial charge in [-0.3, -0.25) is 14.8 Å². The van der Waals surface area contributed by atoms with Crippen LogP contribution in [-0.4, -0.2) is 76.0 Å². The Morgan fingerprint density at radius 3 is 2.10 bits per heavy atom. The molecule has 0 atom stereocenters. The van der Waals surface area contributed by atoms with E-state index in [-0.39, 0.29) is 51.4 Å². The van der Waals surface area contributed by atoms with Crippen LogP contribution in [0, 0.1) is 0 Å². The normalized spacial score (nSPS) is 9.80. The van der Waals surface area contributed by atoms with Crippen LogP contribution in [0.3, 0.4) is 0 Å². The van der Waals surface area contributed by atoms with Crippen LogP contribution in [0.2, 0.25) is 0 Å². The van der Waals surface area contributed by atoms with Gasteiger partial charge in [0.1, 0.15) is 0 Å². The summed E-state index contributed by atoms with van der Waals surface area (Å²) in [5, 5.41) is 0. The Balaban J connectivity index is 0. The first-order valence-electron chi connectivity index (χ1n) is 1.90. The second-order valence-corrected chi connectivity index (χ2v) is 2.75. The molecule has 0 spiro atoms. The van der Waals surface area contributed by atoms with Crippen molar-refractivity contribution in [1.29, 1.82) is 0 Å². The summed E-state index contributed by atoms with van der Waals surface area (Å²) in [5.41, 5.74) is 1.54. The number of rotatable bonds is 2. The molecule has 10 heavy (non-hydrogen) atoms. The van der Waals surface area contributed by atoms with Gasteiger partial charge in [-0.1, -0.05) is 0 Å². The molecule has 0 saturated carbocycles. The molecule has 6 nitrogen and oxygen atoms in total. The van der Waals surface area contributed by atoms with Crippen molar-refractivity contribution in [3.63, 3.8) is 0 Å². The van der Waals surface area contributed by atoms with E-state index in [1.807, 2.05) is 0 Å². The number of hydrogen-bond donors (Lipinski definition) is 3. The van der Waals surface area contributed by atoms with Gasteiger partial charge >= 0.3 is 51.4 Å². The molecule has 1 amide bonds. The van der Waals surface area contributed by atoms with Crippen molar-refractivity contribution in [2.75, 3.05) is 5.75 Å². The van der Waals surface area contributed by atoms with Gasteiger partial charge in [0.15, 0.2) is 5.75 Å². The zero-order chi connectivity index (χ0) is 7.49. The van der Waals surface area contributed by atoms with Gasteiger partial charge in [0.2, 0.25) is 0 Å². The van der Waals surface area contributed by atoms with Gasteiger partial charge in [0.05, 0.1) is 0 Å². The minimum absolute atomic E-state index is 0. The molecule has 0 saturated heterocycles. The summed E-state index contributed by atoms with van der Waals surface area (Å²) in [7, 11) is -4.23. The van der Waals surface area contributed by atoms with E-state index in [1.165, 1.54) is 0 Å². The third-order valence-electron chi connectivity index (χ3n) is 0.474. The van der Waals surface area contributed by atoms with E-state index in [0.717, 1.165) is 0 Å². The van der Waals surface area contributed by atoms with E-state index < -0.39 is 21.8 Å². The predicted molar refractivity (Wildman–Crippen MR) is 35.9 cm³/mol. The topological polar surface area (TPSA) is 109 Å². The average molecular weight is 194 g/mol. The number of carbonyl (C=O) groups is 1. The van der Waals surface area contributed by atoms with Crippen LogP contribution in [0.1, 0.15) is 0 Å². The fourth-order valence-electron chi connectivity index (χ4n) is 0.207. The van der Waals surface area contributed by atoms with Crippen molar-refractivity contribution in [3.8, 4) is 0 Å². The molecule has 0 aliphatic carbocycles. The Labute approximate surface area is 101 Å². The van der Waals surface area contributed by atoms with Crippen LogP contribution in [0.4, 0.5) is 0 Å². The van der Waals surface area contributed by atoms with Crippen LogP contribution >= 0.6 is 0 Å². The molecule has 8 heteroatoms. The quantitative estimate of drug-likeness (QED) is 0.145. The fourth-order valence-corrected chi connectivity index (χ4v) is 0.622. The van der Waals surface area contributed by atoms with Crippen molar-refractivity contribution in [2.45, 2.75) is 0 Å². The van der Waals surface area contributed by atoms with Crippen LogP contribution in [0.25, 0.3) is 0 Å². The Morgan fingerprint density at radius 2 is 2.00 bits per heavy atom. The second-order valence-electron chi connectivity index (χ2n) is 1.29. The summed E-state index contributed by atoms with van der Waals surface area (Å²) in [6.45, 7) is 0. The number of nitrogens with two attached hydrogens (primary N) is 1. The van der Waals surface area contributed by atoms with E-state index in [4.69, 9.17) is 4.55 Å². The fraction of sp³-hybridized carbons (Fsp3) is 0.500. The summed E-state index contributed by atoms with van der Waals surface area (Å²) in [6, 6.07) is 0.